The van der Waals surface area contributed by atoms with Gasteiger partial charge in [-0.05, 0) is 30.7 Å². The molecule has 0 aliphatic carbocycles. The molecule has 0 bridgehead atoms. The number of methoxy groups -OCH3 is 2. The van der Waals surface area contributed by atoms with Crippen LogP contribution in [0.3, 0.4) is 0 Å². The maximum Gasteiger partial charge on any atom is 0.161 e. The first-order valence-electron chi connectivity index (χ1n) is 6.54. The fourth-order valence-corrected chi connectivity index (χ4v) is 2.03. The van der Waals surface area contributed by atoms with E-state index in [0.717, 1.165) is 18.5 Å². The monoisotopic (exact) mass is 281 g/mol. The number of oxime groups is 1. The molecule has 6 heteroatoms. The molecule has 1 aromatic rings. The molecule has 112 valence electrons. The van der Waals surface area contributed by atoms with Crippen molar-refractivity contribution in [2.45, 2.75) is 19.9 Å². The summed E-state index contributed by atoms with van der Waals surface area (Å²) in [6.45, 7) is 4.08. The topological polar surface area (TPSA) is 80.3 Å². The minimum Gasteiger partial charge on any atom is -0.493 e. The summed E-state index contributed by atoms with van der Waals surface area (Å²) in [5.74, 6) is 1.61. The summed E-state index contributed by atoms with van der Waals surface area (Å²) in [6.07, 6.45) is 0.992. The first-order chi connectivity index (χ1) is 9.64. The molecule has 0 unspecified atom stereocenters. The van der Waals surface area contributed by atoms with Gasteiger partial charge in [0.05, 0.1) is 20.8 Å². The zero-order chi connectivity index (χ0) is 15.0. The zero-order valence-electron chi connectivity index (χ0n) is 12.3. The van der Waals surface area contributed by atoms with Crippen molar-refractivity contribution >= 4 is 5.84 Å². The average Bonchev–Trinajstić information content (AvgIpc) is 2.47. The van der Waals surface area contributed by atoms with Crippen LogP contribution in [0.4, 0.5) is 0 Å². The number of ether oxygens (including phenoxy) is 2. The first-order valence-corrected chi connectivity index (χ1v) is 6.54. The Hall–Kier alpha value is -1.95. The number of nitrogens with two attached hydrogens (primary N) is 1. The molecule has 20 heavy (non-hydrogen) atoms. The Morgan fingerprint density at radius 1 is 1.30 bits per heavy atom. The highest BCUT2D eigenvalue weighted by Gasteiger charge is 2.10. The number of benzene rings is 1. The van der Waals surface area contributed by atoms with Crippen LogP contribution < -0.4 is 15.2 Å². The van der Waals surface area contributed by atoms with Crippen molar-refractivity contribution in [3.05, 3.63) is 23.8 Å². The van der Waals surface area contributed by atoms with Crippen LogP contribution in [0.5, 0.6) is 11.5 Å². The molecule has 0 atom stereocenters. The maximum absolute atomic E-state index is 8.67. The molecule has 0 saturated carbocycles. The van der Waals surface area contributed by atoms with Crippen molar-refractivity contribution in [1.29, 1.82) is 0 Å². The number of amidine groups is 1. The smallest absolute Gasteiger partial charge is 0.161 e. The molecule has 0 aliphatic heterocycles. The van der Waals surface area contributed by atoms with Gasteiger partial charge in [-0.3, -0.25) is 4.90 Å². The van der Waals surface area contributed by atoms with E-state index in [-0.39, 0.29) is 5.84 Å². The van der Waals surface area contributed by atoms with Gasteiger partial charge in [0.1, 0.15) is 0 Å². The van der Waals surface area contributed by atoms with Gasteiger partial charge in [0.25, 0.3) is 0 Å². The minimum atomic E-state index is 0.207. The van der Waals surface area contributed by atoms with E-state index in [1.807, 2.05) is 18.2 Å². The number of hydrogen-bond acceptors (Lipinski definition) is 5. The summed E-state index contributed by atoms with van der Waals surface area (Å²) in [4.78, 5) is 2.11. The Bertz CT molecular complexity index is 449. The third-order valence-corrected chi connectivity index (χ3v) is 2.91. The normalized spacial score (nSPS) is 11.7. The van der Waals surface area contributed by atoms with Gasteiger partial charge in [0.15, 0.2) is 17.3 Å². The fraction of sp³-hybridized carbons (Fsp3) is 0.500. The lowest BCUT2D eigenvalue weighted by molar-refractivity contribution is 0.285. The van der Waals surface area contributed by atoms with Crippen LogP contribution in [-0.2, 0) is 6.54 Å². The van der Waals surface area contributed by atoms with E-state index in [4.69, 9.17) is 20.4 Å². The van der Waals surface area contributed by atoms with Crippen molar-refractivity contribution in [2.24, 2.45) is 10.9 Å². The molecule has 0 aromatic heterocycles. The average molecular weight is 281 g/mol. The van der Waals surface area contributed by atoms with E-state index in [1.165, 1.54) is 0 Å². The molecule has 0 saturated heterocycles. The lowest BCUT2D eigenvalue weighted by Gasteiger charge is -2.21. The Morgan fingerprint density at radius 2 is 2.00 bits per heavy atom. The second kappa shape index (κ2) is 8.27. The molecular formula is C14H23N3O3. The standard InChI is InChI=1S/C14H23N3O3/c1-4-7-17(10-14(15)16-18)9-11-5-6-12(19-2)13(8-11)20-3/h5-6,8,18H,4,7,9-10H2,1-3H3,(H2,15,16). The molecule has 0 radical (unpaired) electrons. The quantitative estimate of drug-likeness (QED) is 0.328. The lowest BCUT2D eigenvalue weighted by atomic mass is 10.2. The van der Waals surface area contributed by atoms with Crippen molar-refractivity contribution in [2.75, 3.05) is 27.3 Å². The highest BCUT2D eigenvalue weighted by molar-refractivity contribution is 5.81. The molecule has 0 aliphatic rings. The van der Waals surface area contributed by atoms with Gasteiger partial charge in [-0.15, -0.1) is 0 Å². The van der Waals surface area contributed by atoms with Crippen LogP contribution in [0, 0.1) is 0 Å². The van der Waals surface area contributed by atoms with Gasteiger partial charge in [-0.25, -0.2) is 0 Å². The summed E-state index contributed by atoms with van der Waals surface area (Å²) in [5.41, 5.74) is 6.66. The Morgan fingerprint density at radius 3 is 2.55 bits per heavy atom. The summed E-state index contributed by atoms with van der Waals surface area (Å²) >= 11 is 0. The van der Waals surface area contributed by atoms with Crippen molar-refractivity contribution in [3.8, 4) is 11.5 Å². The molecule has 1 rings (SSSR count). The van der Waals surface area contributed by atoms with Crippen LogP contribution in [0.15, 0.2) is 23.4 Å². The second-order valence-electron chi connectivity index (χ2n) is 4.49. The van der Waals surface area contributed by atoms with Gasteiger partial charge < -0.3 is 20.4 Å². The van der Waals surface area contributed by atoms with Crippen molar-refractivity contribution in [3.63, 3.8) is 0 Å². The third kappa shape index (κ3) is 4.62. The molecular weight excluding hydrogens is 258 g/mol. The van der Waals surface area contributed by atoms with Crippen LogP contribution in [0.2, 0.25) is 0 Å². The number of hydrogen-bond donors (Lipinski definition) is 2. The van der Waals surface area contributed by atoms with Gasteiger partial charge in [-0.2, -0.15) is 0 Å². The van der Waals surface area contributed by atoms with E-state index in [2.05, 4.69) is 17.0 Å². The molecule has 0 fully saturated rings. The third-order valence-electron chi connectivity index (χ3n) is 2.91. The van der Waals surface area contributed by atoms with E-state index >= 15 is 0 Å². The zero-order valence-corrected chi connectivity index (χ0v) is 12.3. The van der Waals surface area contributed by atoms with E-state index in [1.54, 1.807) is 14.2 Å². The molecule has 0 amide bonds. The minimum absolute atomic E-state index is 0.207. The second-order valence-corrected chi connectivity index (χ2v) is 4.49. The number of rotatable bonds is 8. The maximum atomic E-state index is 8.67. The van der Waals surface area contributed by atoms with Crippen molar-refractivity contribution in [1.82, 2.24) is 4.90 Å². The van der Waals surface area contributed by atoms with Crippen LogP contribution in [0.1, 0.15) is 18.9 Å². The van der Waals surface area contributed by atoms with Crippen LogP contribution in [0.25, 0.3) is 0 Å². The van der Waals surface area contributed by atoms with Gasteiger partial charge in [0.2, 0.25) is 0 Å². The number of nitrogens with zero attached hydrogens (tertiary/aromatic N) is 2. The fourth-order valence-electron chi connectivity index (χ4n) is 2.03. The van der Waals surface area contributed by atoms with E-state index in [9.17, 15) is 0 Å². The molecule has 3 N–H and O–H groups in total. The van der Waals surface area contributed by atoms with Crippen LogP contribution in [-0.4, -0.2) is 43.3 Å². The van der Waals surface area contributed by atoms with Gasteiger partial charge in [0, 0.05) is 6.54 Å². The predicted molar refractivity (Wildman–Crippen MR) is 78.5 cm³/mol. The largest absolute Gasteiger partial charge is 0.493 e. The summed E-state index contributed by atoms with van der Waals surface area (Å²) < 4.78 is 10.5. The Labute approximate surface area is 119 Å². The highest BCUT2D eigenvalue weighted by atomic mass is 16.5. The lowest BCUT2D eigenvalue weighted by Crippen LogP contribution is -2.34. The van der Waals surface area contributed by atoms with Crippen LogP contribution >= 0.6 is 0 Å². The molecule has 0 spiro atoms. The van der Waals surface area contributed by atoms with Gasteiger partial charge >= 0.3 is 0 Å². The van der Waals surface area contributed by atoms with E-state index < -0.39 is 0 Å². The molecule has 6 nitrogen and oxygen atoms in total. The molecule has 0 heterocycles. The van der Waals surface area contributed by atoms with Gasteiger partial charge in [-0.1, -0.05) is 18.1 Å². The Balaban J connectivity index is 2.82. The SMILES string of the molecule is CCCN(CC(N)=NO)Cc1ccc(OC)c(OC)c1. The highest BCUT2D eigenvalue weighted by Crippen LogP contribution is 2.28. The molecule has 1 aromatic carbocycles. The summed E-state index contributed by atoms with van der Waals surface area (Å²) in [7, 11) is 3.22. The predicted octanol–water partition coefficient (Wildman–Crippen LogP) is 1.66. The van der Waals surface area contributed by atoms with E-state index in [0.29, 0.717) is 24.6 Å². The summed E-state index contributed by atoms with van der Waals surface area (Å²) in [6, 6.07) is 5.80. The summed E-state index contributed by atoms with van der Waals surface area (Å²) in [5, 5.41) is 11.7. The van der Waals surface area contributed by atoms with Crippen molar-refractivity contribution < 1.29 is 14.7 Å². The first kappa shape index (κ1) is 16.1. The Kier molecular flexibility index (Phi) is 6.66.